The zero-order chi connectivity index (χ0) is 18.7. The molecule has 2 aliphatic heterocycles. The Kier molecular flexibility index (Phi) is 3.40. The van der Waals surface area contributed by atoms with E-state index >= 15 is 0 Å². The highest BCUT2D eigenvalue weighted by molar-refractivity contribution is 5.88. The van der Waals surface area contributed by atoms with Gasteiger partial charge in [0, 0.05) is 17.7 Å². The topological polar surface area (TPSA) is 77.5 Å². The lowest BCUT2D eigenvalue weighted by molar-refractivity contribution is -0.120. The van der Waals surface area contributed by atoms with E-state index in [4.69, 9.17) is 18.9 Å². The van der Waals surface area contributed by atoms with Gasteiger partial charge in [-0.25, -0.2) is 0 Å². The van der Waals surface area contributed by atoms with E-state index in [0.717, 1.165) is 34.2 Å². The van der Waals surface area contributed by atoms with E-state index in [2.05, 4.69) is 0 Å². The van der Waals surface area contributed by atoms with Gasteiger partial charge in [-0.15, -0.1) is 0 Å². The third-order valence-corrected chi connectivity index (χ3v) is 5.69. The number of phenolic OH excluding ortho intramolecular Hbond substituents is 1. The van der Waals surface area contributed by atoms with Crippen molar-refractivity contribution in [3.05, 3.63) is 28.8 Å². The number of benzene rings is 2. The van der Waals surface area contributed by atoms with Crippen molar-refractivity contribution in [2.45, 2.75) is 18.9 Å². The van der Waals surface area contributed by atoms with Crippen molar-refractivity contribution in [3.63, 3.8) is 0 Å². The van der Waals surface area contributed by atoms with Gasteiger partial charge in [-0.2, -0.15) is 0 Å². The molecule has 0 aromatic heterocycles. The average molecular weight is 369 g/mol. The van der Waals surface area contributed by atoms with Gasteiger partial charge in [0.15, 0.2) is 23.0 Å². The number of carbonyl (C=O) groups excluding carboxylic acids is 1. The van der Waals surface area contributed by atoms with Crippen LogP contribution in [0.15, 0.2) is 12.1 Å². The highest BCUT2D eigenvalue weighted by Gasteiger charge is 2.41. The molecular weight excluding hydrogens is 350 g/mol. The highest BCUT2D eigenvalue weighted by atomic mass is 16.7. The number of amides is 1. The Bertz CT molecular complexity index is 970. The van der Waals surface area contributed by atoms with Crippen molar-refractivity contribution in [2.75, 3.05) is 27.6 Å². The van der Waals surface area contributed by atoms with Gasteiger partial charge in [-0.3, -0.25) is 4.79 Å². The van der Waals surface area contributed by atoms with Crippen LogP contribution in [0.1, 0.15) is 22.7 Å². The van der Waals surface area contributed by atoms with Gasteiger partial charge in [-0.05, 0) is 41.7 Å². The molecule has 5 rings (SSSR count). The number of hydrogen-bond donors (Lipinski definition) is 1. The molecule has 1 unspecified atom stereocenters. The summed E-state index contributed by atoms with van der Waals surface area (Å²) in [4.78, 5) is 13.5. The number of carbonyl (C=O) groups is 1. The van der Waals surface area contributed by atoms with Crippen LogP contribution in [-0.4, -0.2) is 44.0 Å². The maximum Gasteiger partial charge on any atom is 0.231 e. The van der Waals surface area contributed by atoms with Crippen molar-refractivity contribution < 1.29 is 28.8 Å². The first kappa shape index (κ1) is 16.1. The summed E-state index contributed by atoms with van der Waals surface area (Å²) in [5, 5.41) is 10.4. The lowest BCUT2D eigenvalue weighted by atomic mass is 9.76. The maximum atomic E-state index is 11.7. The largest absolute Gasteiger partial charge is 0.504 e. The Labute approximate surface area is 156 Å². The summed E-state index contributed by atoms with van der Waals surface area (Å²) >= 11 is 0. The number of ether oxygens (including phenoxy) is 4. The van der Waals surface area contributed by atoms with Crippen molar-refractivity contribution in [1.82, 2.24) is 4.90 Å². The molecule has 1 atom stereocenters. The SMILES string of the molecule is COc1cc2c(cc1O)-c1c3c(c(OC)c4c1C(C2)N(C=O)CC4)OCO3. The summed E-state index contributed by atoms with van der Waals surface area (Å²) < 4.78 is 22.5. The van der Waals surface area contributed by atoms with E-state index in [1.54, 1.807) is 13.2 Å². The molecule has 1 N–H and O–H groups in total. The van der Waals surface area contributed by atoms with Crippen LogP contribution in [0.3, 0.4) is 0 Å². The van der Waals surface area contributed by atoms with Gasteiger partial charge < -0.3 is 29.0 Å². The van der Waals surface area contributed by atoms with Gasteiger partial charge >= 0.3 is 0 Å². The second kappa shape index (κ2) is 5.70. The lowest BCUT2D eigenvalue weighted by Gasteiger charge is -2.40. The molecule has 0 fully saturated rings. The fourth-order valence-electron chi connectivity index (χ4n) is 4.56. The van der Waals surface area contributed by atoms with Gasteiger partial charge in [0.25, 0.3) is 0 Å². The highest BCUT2D eigenvalue weighted by Crippen LogP contribution is 2.59. The summed E-state index contributed by atoms with van der Waals surface area (Å²) in [6.07, 6.45) is 2.21. The molecule has 7 heteroatoms. The van der Waals surface area contributed by atoms with Crippen LogP contribution >= 0.6 is 0 Å². The Hall–Kier alpha value is -3.09. The fourth-order valence-corrected chi connectivity index (χ4v) is 4.56. The van der Waals surface area contributed by atoms with E-state index in [0.29, 0.717) is 42.4 Å². The number of fused-ring (bicyclic) bond motifs is 4. The van der Waals surface area contributed by atoms with Crippen LogP contribution in [0.2, 0.25) is 0 Å². The Morgan fingerprint density at radius 1 is 1.22 bits per heavy atom. The van der Waals surface area contributed by atoms with E-state index in [-0.39, 0.29) is 18.6 Å². The van der Waals surface area contributed by atoms with Crippen molar-refractivity contribution in [1.29, 1.82) is 0 Å². The smallest absolute Gasteiger partial charge is 0.231 e. The molecule has 2 aromatic carbocycles. The maximum absolute atomic E-state index is 11.7. The van der Waals surface area contributed by atoms with E-state index in [1.165, 1.54) is 7.11 Å². The normalized spacial score (nSPS) is 18.6. The third kappa shape index (κ3) is 2.05. The molecule has 0 saturated carbocycles. The molecule has 27 heavy (non-hydrogen) atoms. The first-order valence-electron chi connectivity index (χ1n) is 8.81. The summed E-state index contributed by atoms with van der Waals surface area (Å²) in [6, 6.07) is 3.41. The summed E-state index contributed by atoms with van der Waals surface area (Å²) in [5.41, 5.74) is 4.80. The second-order valence-corrected chi connectivity index (χ2v) is 6.86. The molecule has 2 heterocycles. The van der Waals surface area contributed by atoms with Crippen LogP contribution in [0, 0.1) is 0 Å². The van der Waals surface area contributed by atoms with Crippen LogP contribution in [0.4, 0.5) is 0 Å². The molecule has 140 valence electrons. The summed E-state index contributed by atoms with van der Waals surface area (Å²) in [7, 11) is 3.14. The van der Waals surface area contributed by atoms with E-state index in [1.807, 2.05) is 11.0 Å². The Morgan fingerprint density at radius 2 is 2.04 bits per heavy atom. The van der Waals surface area contributed by atoms with Gasteiger partial charge in [0.05, 0.1) is 20.3 Å². The molecule has 1 aliphatic carbocycles. The first-order valence-corrected chi connectivity index (χ1v) is 8.81. The zero-order valence-electron chi connectivity index (χ0n) is 15.1. The minimum Gasteiger partial charge on any atom is -0.504 e. The lowest BCUT2D eigenvalue weighted by Crippen LogP contribution is -2.37. The molecular formula is C20H19NO6. The molecule has 1 amide bonds. The van der Waals surface area contributed by atoms with Crippen molar-refractivity contribution in [2.24, 2.45) is 0 Å². The number of methoxy groups -OCH3 is 2. The standard InChI is InChI=1S/C20H19NO6/c1-24-15-6-10-5-13-16-11(3-4-21(13)8-22)18(25-2)20-19(26-9-27-20)17(16)12(10)7-14(15)23/h6-8,13,23H,3-5,9H2,1-2H3. The quantitative estimate of drug-likeness (QED) is 0.838. The summed E-state index contributed by atoms with van der Waals surface area (Å²) in [5.74, 6) is 2.35. The predicted molar refractivity (Wildman–Crippen MR) is 95.7 cm³/mol. The van der Waals surface area contributed by atoms with Gasteiger partial charge in [0.1, 0.15) is 0 Å². The molecule has 0 saturated heterocycles. The monoisotopic (exact) mass is 369 g/mol. The third-order valence-electron chi connectivity index (χ3n) is 5.69. The molecule has 3 aliphatic rings. The van der Waals surface area contributed by atoms with Crippen molar-refractivity contribution in [3.8, 4) is 39.9 Å². The van der Waals surface area contributed by atoms with Gasteiger partial charge in [-0.1, -0.05) is 0 Å². The number of phenols is 1. The molecule has 0 bridgehead atoms. The number of aromatic hydroxyl groups is 1. The van der Waals surface area contributed by atoms with Crippen LogP contribution in [-0.2, 0) is 17.6 Å². The molecule has 7 nitrogen and oxygen atoms in total. The Balaban J connectivity index is 1.87. The molecule has 2 aromatic rings. The molecule has 0 spiro atoms. The van der Waals surface area contributed by atoms with E-state index < -0.39 is 0 Å². The van der Waals surface area contributed by atoms with E-state index in [9.17, 15) is 9.90 Å². The number of rotatable bonds is 3. The van der Waals surface area contributed by atoms with Crippen LogP contribution in [0.5, 0.6) is 28.7 Å². The zero-order valence-corrected chi connectivity index (χ0v) is 15.1. The van der Waals surface area contributed by atoms with Crippen LogP contribution < -0.4 is 18.9 Å². The minimum atomic E-state index is -0.119. The molecule has 0 radical (unpaired) electrons. The van der Waals surface area contributed by atoms with Gasteiger partial charge in [0.2, 0.25) is 19.0 Å². The Morgan fingerprint density at radius 3 is 2.78 bits per heavy atom. The van der Waals surface area contributed by atoms with Crippen molar-refractivity contribution >= 4 is 6.41 Å². The summed E-state index contributed by atoms with van der Waals surface area (Å²) in [6.45, 7) is 0.724. The average Bonchev–Trinajstić information content (AvgIpc) is 3.17. The van der Waals surface area contributed by atoms with Crippen LogP contribution in [0.25, 0.3) is 11.1 Å². The second-order valence-electron chi connectivity index (χ2n) is 6.86. The first-order chi connectivity index (χ1) is 13.2. The predicted octanol–water partition coefficient (Wildman–Crippen LogP) is 2.42. The minimum absolute atomic E-state index is 0.0648. The number of nitrogens with zero attached hydrogens (tertiary/aromatic N) is 1. The fraction of sp³-hybridized carbons (Fsp3) is 0.350. The number of hydrogen-bond acceptors (Lipinski definition) is 6.